The highest BCUT2D eigenvalue weighted by molar-refractivity contribution is 5.99. The highest BCUT2D eigenvalue weighted by Crippen LogP contribution is 2.31. The Morgan fingerprint density at radius 2 is 2.21 bits per heavy atom. The Morgan fingerprint density at radius 1 is 1.53 bits per heavy atom. The molecule has 0 saturated carbocycles. The molecular formula is C13H16N2O4. The molecule has 1 amide bonds. The number of benzene rings is 1. The van der Waals surface area contributed by atoms with Gasteiger partial charge in [0.25, 0.3) is 0 Å². The van der Waals surface area contributed by atoms with Crippen LogP contribution in [0.2, 0.25) is 0 Å². The summed E-state index contributed by atoms with van der Waals surface area (Å²) in [5.74, 6) is -1.32. The van der Waals surface area contributed by atoms with Crippen LogP contribution in [0.1, 0.15) is 22.3 Å². The number of nitrogens with zero attached hydrogens (tertiary/aromatic N) is 1. The Labute approximate surface area is 110 Å². The molecule has 1 aromatic carbocycles. The standard InChI is InChI=1S/C13H16N2O4/c1-7-10(14)3-9(13(18)19)4-11(7)15-5-8(6-16)2-12(15)17/h3-4,8,16H,2,5-6,14H2,1H3,(H,18,19). The van der Waals surface area contributed by atoms with Crippen LogP contribution in [0.25, 0.3) is 0 Å². The van der Waals surface area contributed by atoms with Crippen LogP contribution < -0.4 is 10.6 Å². The second-order valence-corrected chi connectivity index (χ2v) is 4.77. The van der Waals surface area contributed by atoms with Gasteiger partial charge in [0, 0.05) is 36.9 Å². The quantitative estimate of drug-likeness (QED) is 0.694. The SMILES string of the molecule is Cc1c(N)cc(C(=O)O)cc1N1CC(CO)CC1=O. The number of carboxylic acid groups (broad SMARTS) is 1. The van der Waals surface area contributed by atoms with Crippen LogP contribution in [0.3, 0.4) is 0 Å². The van der Waals surface area contributed by atoms with E-state index in [2.05, 4.69) is 0 Å². The van der Waals surface area contributed by atoms with Crippen LogP contribution in [-0.2, 0) is 4.79 Å². The maximum absolute atomic E-state index is 11.9. The topological polar surface area (TPSA) is 104 Å². The van der Waals surface area contributed by atoms with Gasteiger partial charge in [0.15, 0.2) is 0 Å². The fourth-order valence-corrected chi connectivity index (χ4v) is 2.26. The zero-order chi connectivity index (χ0) is 14.2. The maximum Gasteiger partial charge on any atom is 0.335 e. The number of carbonyl (C=O) groups is 2. The summed E-state index contributed by atoms with van der Waals surface area (Å²) in [7, 11) is 0. The van der Waals surface area contributed by atoms with Gasteiger partial charge < -0.3 is 20.8 Å². The Hall–Kier alpha value is -2.08. The van der Waals surface area contributed by atoms with Crippen molar-refractivity contribution in [1.29, 1.82) is 0 Å². The molecule has 2 rings (SSSR count). The van der Waals surface area contributed by atoms with Gasteiger partial charge in [-0.1, -0.05) is 0 Å². The third-order valence-corrected chi connectivity index (χ3v) is 3.42. The van der Waals surface area contributed by atoms with Crippen molar-refractivity contribution in [1.82, 2.24) is 0 Å². The number of nitrogens with two attached hydrogens (primary N) is 1. The molecular weight excluding hydrogens is 248 g/mol. The van der Waals surface area contributed by atoms with Crippen LogP contribution in [0.15, 0.2) is 12.1 Å². The Morgan fingerprint density at radius 3 is 2.74 bits per heavy atom. The van der Waals surface area contributed by atoms with E-state index in [0.29, 0.717) is 23.5 Å². The van der Waals surface area contributed by atoms with E-state index >= 15 is 0 Å². The van der Waals surface area contributed by atoms with Gasteiger partial charge >= 0.3 is 5.97 Å². The lowest BCUT2D eigenvalue weighted by Gasteiger charge is -2.20. The summed E-state index contributed by atoms with van der Waals surface area (Å²) in [6.07, 6.45) is 0.271. The van der Waals surface area contributed by atoms with Gasteiger partial charge in [-0.15, -0.1) is 0 Å². The number of aromatic carboxylic acids is 1. The minimum Gasteiger partial charge on any atom is -0.478 e. The van der Waals surface area contributed by atoms with Gasteiger partial charge in [0.1, 0.15) is 0 Å². The first-order valence-corrected chi connectivity index (χ1v) is 5.98. The molecule has 6 nitrogen and oxygen atoms in total. The fourth-order valence-electron chi connectivity index (χ4n) is 2.26. The van der Waals surface area contributed by atoms with Crippen LogP contribution in [0, 0.1) is 12.8 Å². The van der Waals surface area contributed by atoms with Gasteiger partial charge in [0.05, 0.1) is 5.56 Å². The lowest BCUT2D eigenvalue weighted by Crippen LogP contribution is -2.26. The van der Waals surface area contributed by atoms with Gasteiger partial charge in [0.2, 0.25) is 5.91 Å². The molecule has 0 radical (unpaired) electrons. The van der Waals surface area contributed by atoms with Crippen molar-refractivity contribution >= 4 is 23.3 Å². The second-order valence-electron chi connectivity index (χ2n) is 4.77. The van der Waals surface area contributed by atoms with Crippen LogP contribution in [-0.4, -0.2) is 35.2 Å². The molecule has 1 aliphatic rings. The highest BCUT2D eigenvalue weighted by atomic mass is 16.4. The largest absolute Gasteiger partial charge is 0.478 e. The molecule has 1 aliphatic heterocycles. The lowest BCUT2D eigenvalue weighted by atomic mass is 10.1. The minimum absolute atomic E-state index is 0.0540. The number of rotatable bonds is 3. The minimum atomic E-state index is -1.08. The van der Waals surface area contributed by atoms with Gasteiger partial charge in [-0.25, -0.2) is 4.79 Å². The lowest BCUT2D eigenvalue weighted by molar-refractivity contribution is -0.117. The van der Waals surface area contributed by atoms with Crippen molar-refractivity contribution in [2.75, 3.05) is 23.8 Å². The molecule has 1 fully saturated rings. The highest BCUT2D eigenvalue weighted by Gasteiger charge is 2.31. The van der Waals surface area contributed by atoms with Gasteiger partial charge in [-0.3, -0.25) is 4.79 Å². The zero-order valence-corrected chi connectivity index (χ0v) is 10.6. The molecule has 19 heavy (non-hydrogen) atoms. The zero-order valence-electron chi connectivity index (χ0n) is 10.6. The number of carbonyl (C=O) groups excluding carboxylic acids is 1. The van der Waals surface area contributed by atoms with E-state index in [4.69, 9.17) is 15.9 Å². The molecule has 0 spiro atoms. The number of carboxylic acids is 1. The number of nitrogen functional groups attached to an aromatic ring is 1. The molecule has 0 aliphatic carbocycles. The van der Waals surface area contributed by atoms with E-state index in [1.165, 1.54) is 17.0 Å². The summed E-state index contributed by atoms with van der Waals surface area (Å²) < 4.78 is 0. The summed E-state index contributed by atoms with van der Waals surface area (Å²) in [5, 5.41) is 18.1. The molecule has 1 saturated heterocycles. The Kier molecular flexibility index (Phi) is 3.44. The van der Waals surface area contributed by atoms with Crippen molar-refractivity contribution in [2.45, 2.75) is 13.3 Å². The van der Waals surface area contributed by atoms with Crippen molar-refractivity contribution in [2.24, 2.45) is 5.92 Å². The van der Waals surface area contributed by atoms with Crippen molar-refractivity contribution < 1.29 is 19.8 Å². The average molecular weight is 264 g/mol. The predicted octanol–water partition coefficient (Wildman–Crippen LogP) is 0.621. The summed E-state index contributed by atoms with van der Waals surface area (Å²) in [5.41, 5.74) is 7.38. The molecule has 4 N–H and O–H groups in total. The van der Waals surface area contributed by atoms with E-state index in [1.54, 1.807) is 6.92 Å². The maximum atomic E-state index is 11.9. The fraction of sp³-hybridized carbons (Fsp3) is 0.385. The molecule has 1 heterocycles. The normalized spacial score (nSPS) is 18.9. The smallest absolute Gasteiger partial charge is 0.335 e. The van der Waals surface area contributed by atoms with E-state index < -0.39 is 5.97 Å². The third-order valence-electron chi connectivity index (χ3n) is 3.42. The van der Waals surface area contributed by atoms with E-state index in [1.807, 2.05) is 0 Å². The first kappa shape index (κ1) is 13.4. The number of aliphatic hydroxyl groups excluding tert-OH is 1. The van der Waals surface area contributed by atoms with Crippen molar-refractivity contribution in [3.05, 3.63) is 23.3 Å². The second kappa shape index (κ2) is 4.89. The number of anilines is 2. The monoisotopic (exact) mass is 264 g/mol. The average Bonchev–Trinajstić information content (AvgIpc) is 2.73. The molecule has 1 atom stereocenters. The van der Waals surface area contributed by atoms with Crippen LogP contribution in [0.5, 0.6) is 0 Å². The molecule has 0 bridgehead atoms. The van der Waals surface area contributed by atoms with Crippen LogP contribution >= 0.6 is 0 Å². The summed E-state index contributed by atoms with van der Waals surface area (Å²) in [4.78, 5) is 24.4. The number of hydrogen-bond acceptors (Lipinski definition) is 4. The Bertz CT molecular complexity index is 542. The van der Waals surface area contributed by atoms with Crippen LogP contribution in [0.4, 0.5) is 11.4 Å². The van der Waals surface area contributed by atoms with E-state index in [-0.39, 0.29) is 30.4 Å². The van der Waals surface area contributed by atoms with Crippen molar-refractivity contribution in [3.63, 3.8) is 0 Å². The van der Waals surface area contributed by atoms with E-state index in [9.17, 15) is 9.59 Å². The molecule has 1 unspecified atom stereocenters. The molecule has 0 aromatic heterocycles. The first-order chi connectivity index (χ1) is 8.93. The Balaban J connectivity index is 2.44. The molecule has 102 valence electrons. The number of hydrogen-bond donors (Lipinski definition) is 3. The third kappa shape index (κ3) is 2.39. The summed E-state index contributed by atoms with van der Waals surface area (Å²) in [6.45, 7) is 2.07. The summed E-state index contributed by atoms with van der Waals surface area (Å²) in [6, 6.07) is 2.83. The van der Waals surface area contributed by atoms with Gasteiger partial charge in [-0.05, 0) is 24.6 Å². The first-order valence-electron chi connectivity index (χ1n) is 5.98. The molecule has 6 heteroatoms. The summed E-state index contributed by atoms with van der Waals surface area (Å²) >= 11 is 0. The van der Waals surface area contributed by atoms with E-state index in [0.717, 1.165) is 0 Å². The number of aliphatic hydroxyl groups is 1. The predicted molar refractivity (Wildman–Crippen MR) is 70.1 cm³/mol. The van der Waals surface area contributed by atoms with Crippen molar-refractivity contribution in [3.8, 4) is 0 Å². The number of amides is 1. The molecule has 1 aromatic rings. The van der Waals surface area contributed by atoms with Gasteiger partial charge in [-0.2, -0.15) is 0 Å².